The highest BCUT2D eigenvalue weighted by Gasteiger charge is 2.24. The number of methoxy groups -OCH3 is 1. The number of aldehydes is 1. The number of rotatable bonds is 6. The van der Waals surface area contributed by atoms with Crippen LogP contribution in [0, 0.1) is 0 Å². The minimum absolute atomic E-state index is 0.00235. The second kappa shape index (κ2) is 7.90. The molecule has 0 aliphatic carbocycles. The van der Waals surface area contributed by atoms with Gasteiger partial charge in [-0.3, -0.25) is 4.79 Å². The summed E-state index contributed by atoms with van der Waals surface area (Å²) in [6, 6.07) is 8.39. The van der Waals surface area contributed by atoms with E-state index in [1.165, 1.54) is 10.9 Å². The highest BCUT2D eigenvalue weighted by Crippen LogP contribution is 2.38. The maximum Gasteiger partial charge on any atom is 0.311 e. The first kappa shape index (κ1) is 20.3. The van der Waals surface area contributed by atoms with Gasteiger partial charge in [-0.15, -0.1) is 15.0 Å². The summed E-state index contributed by atoms with van der Waals surface area (Å²) in [6.45, 7) is 5.80. The third-order valence-electron chi connectivity index (χ3n) is 4.37. The van der Waals surface area contributed by atoms with Crippen molar-refractivity contribution in [2.75, 3.05) is 7.11 Å². The molecule has 0 bridgehead atoms. The Balaban J connectivity index is 2.10. The molecule has 8 heteroatoms. The first-order valence-corrected chi connectivity index (χ1v) is 9.16. The fraction of sp³-hybridized carbons (Fsp3) is 0.333. The summed E-state index contributed by atoms with van der Waals surface area (Å²) < 4.78 is 10.6. The molecule has 1 aromatic heterocycles. The van der Waals surface area contributed by atoms with Crippen molar-refractivity contribution in [3.05, 3.63) is 35.9 Å². The summed E-state index contributed by atoms with van der Waals surface area (Å²) in [6.07, 6.45) is 0.732. The van der Waals surface area contributed by atoms with Gasteiger partial charge >= 0.3 is 5.97 Å². The van der Waals surface area contributed by atoms with Gasteiger partial charge in [0.25, 0.3) is 0 Å². The summed E-state index contributed by atoms with van der Waals surface area (Å²) >= 11 is 0. The Kier molecular flexibility index (Phi) is 5.54. The Hall–Kier alpha value is -3.42. The Bertz CT molecular complexity index is 1070. The van der Waals surface area contributed by atoms with E-state index in [9.17, 15) is 14.7 Å². The van der Waals surface area contributed by atoms with Gasteiger partial charge in [0.1, 0.15) is 40.3 Å². The number of hydrogen-bond acceptors (Lipinski definition) is 7. The molecule has 0 spiro atoms. The molecule has 3 aromatic rings. The fourth-order valence-corrected chi connectivity index (χ4v) is 2.86. The van der Waals surface area contributed by atoms with Gasteiger partial charge in [0.15, 0.2) is 0 Å². The summed E-state index contributed by atoms with van der Waals surface area (Å²) in [5.74, 6) is 0.356. The standard InChI is InChI=1S/C21H23N3O5/c1-21(2,3)15-10-14(29-19(26)6-5-9-25)12-18(20(15)27)24-22-16-8-7-13(28-4)11-17(16)23-24/h7-12,27H,5-6H2,1-4H3. The van der Waals surface area contributed by atoms with Crippen molar-refractivity contribution < 1.29 is 24.2 Å². The van der Waals surface area contributed by atoms with Crippen molar-refractivity contribution in [1.82, 2.24) is 15.0 Å². The highest BCUT2D eigenvalue weighted by molar-refractivity contribution is 5.77. The van der Waals surface area contributed by atoms with Crippen LogP contribution in [0.1, 0.15) is 39.2 Å². The van der Waals surface area contributed by atoms with Gasteiger partial charge in [0.05, 0.1) is 13.5 Å². The number of aromatic nitrogens is 3. The number of ether oxygens (including phenoxy) is 2. The van der Waals surface area contributed by atoms with Crippen molar-refractivity contribution in [3.8, 4) is 22.9 Å². The second-order valence-corrected chi connectivity index (χ2v) is 7.61. The zero-order valence-corrected chi connectivity index (χ0v) is 16.8. The molecule has 8 nitrogen and oxygen atoms in total. The first-order chi connectivity index (χ1) is 13.7. The normalized spacial score (nSPS) is 11.4. The number of aromatic hydroxyl groups is 1. The number of esters is 1. The van der Waals surface area contributed by atoms with Crippen molar-refractivity contribution >= 4 is 23.3 Å². The molecular formula is C21H23N3O5. The van der Waals surface area contributed by atoms with E-state index >= 15 is 0 Å². The maximum atomic E-state index is 12.0. The van der Waals surface area contributed by atoms with E-state index in [1.807, 2.05) is 20.8 Å². The van der Waals surface area contributed by atoms with Crippen molar-refractivity contribution in [2.24, 2.45) is 0 Å². The zero-order chi connectivity index (χ0) is 21.2. The fourth-order valence-electron chi connectivity index (χ4n) is 2.86. The van der Waals surface area contributed by atoms with Crippen LogP contribution in [0.2, 0.25) is 0 Å². The number of benzene rings is 2. The molecule has 152 valence electrons. The van der Waals surface area contributed by atoms with Crippen LogP contribution >= 0.6 is 0 Å². The van der Waals surface area contributed by atoms with E-state index in [0.29, 0.717) is 28.6 Å². The molecule has 0 saturated heterocycles. The zero-order valence-electron chi connectivity index (χ0n) is 16.8. The SMILES string of the molecule is COc1ccc2nn(-c3cc(OC(=O)CCC=O)cc(C(C)(C)C)c3O)nc2c1. The van der Waals surface area contributed by atoms with Crippen LogP contribution in [0.25, 0.3) is 16.7 Å². The predicted molar refractivity (Wildman–Crippen MR) is 107 cm³/mol. The number of nitrogens with zero attached hydrogens (tertiary/aromatic N) is 3. The molecule has 1 N–H and O–H groups in total. The lowest BCUT2D eigenvalue weighted by Crippen LogP contribution is -2.15. The molecule has 0 aliphatic heterocycles. The van der Waals surface area contributed by atoms with Gasteiger partial charge in [0, 0.05) is 24.1 Å². The van der Waals surface area contributed by atoms with Crippen LogP contribution in [0.5, 0.6) is 17.2 Å². The van der Waals surface area contributed by atoms with Crippen molar-refractivity contribution in [1.29, 1.82) is 0 Å². The molecule has 1 heterocycles. The van der Waals surface area contributed by atoms with E-state index in [0.717, 1.165) is 0 Å². The Morgan fingerprint density at radius 1 is 1.14 bits per heavy atom. The van der Waals surface area contributed by atoms with Crippen LogP contribution in [0.3, 0.4) is 0 Å². The highest BCUT2D eigenvalue weighted by atomic mass is 16.5. The lowest BCUT2D eigenvalue weighted by molar-refractivity contribution is -0.135. The predicted octanol–water partition coefficient (Wildman–Crippen LogP) is 3.32. The average molecular weight is 397 g/mol. The molecule has 2 aromatic carbocycles. The van der Waals surface area contributed by atoms with E-state index in [2.05, 4.69) is 10.2 Å². The molecule has 3 rings (SSSR count). The number of carbonyl (C=O) groups is 2. The third kappa shape index (κ3) is 4.37. The lowest BCUT2D eigenvalue weighted by atomic mass is 9.86. The monoisotopic (exact) mass is 397 g/mol. The van der Waals surface area contributed by atoms with E-state index in [-0.39, 0.29) is 30.0 Å². The minimum Gasteiger partial charge on any atom is -0.505 e. The van der Waals surface area contributed by atoms with E-state index in [1.54, 1.807) is 31.4 Å². The van der Waals surface area contributed by atoms with Crippen LogP contribution in [-0.2, 0) is 15.0 Å². The molecule has 0 radical (unpaired) electrons. The van der Waals surface area contributed by atoms with E-state index < -0.39 is 11.4 Å². The number of fused-ring (bicyclic) bond motifs is 1. The molecule has 0 amide bonds. The van der Waals surface area contributed by atoms with Gasteiger partial charge in [-0.05, 0) is 23.6 Å². The summed E-state index contributed by atoms with van der Waals surface area (Å²) in [4.78, 5) is 23.8. The largest absolute Gasteiger partial charge is 0.505 e. The van der Waals surface area contributed by atoms with Gasteiger partial charge in [-0.2, -0.15) is 0 Å². The molecule has 0 aliphatic rings. The second-order valence-electron chi connectivity index (χ2n) is 7.61. The quantitative estimate of drug-likeness (QED) is 0.386. The maximum absolute atomic E-state index is 12.0. The number of hydrogen-bond donors (Lipinski definition) is 1. The molecule has 0 fully saturated rings. The van der Waals surface area contributed by atoms with Gasteiger partial charge in [0.2, 0.25) is 0 Å². The van der Waals surface area contributed by atoms with Crippen LogP contribution in [0.4, 0.5) is 0 Å². The van der Waals surface area contributed by atoms with Crippen LogP contribution < -0.4 is 9.47 Å². The third-order valence-corrected chi connectivity index (χ3v) is 4.37. The van der Waals surface area contributed by atoms with Crippen LogP contribution in [-0.4, -0.2) is 39.5 Å². The molecule has 29 heavy (non-hydrogen) atoms. The smallest absolute Gasteiger partial charge is 0.311 e. The molecule has 0 saturated carbocycles. The lowest BCUT2D eigenvalue weighted by Gasteiger charge is -2.22. The topological polar surface area (TPSA) is 104 Å². The van der Waals surface area contributed by atoms with Crippen LogP contribution in [0.15, 0.2) is 30.3 Å². The molecular weight excluding hydrogens is 374 g/mol. The minimum atomic E-state index is -0.531. The average Bonchev–Trinajstić information content (AvgIpc) is 3.09. The summed E-state index contributed by atoms with van der Waals surface area (Å²) in [7, 11) is 1.56. The van der Waals surface area contributed by atoms with Gasteiger partial charge < -0.3 is 19.4 Å². The van der Waals surface area contributed by atoms with Gasteiger partial charge in [-0.1, -0.05) is 20.8 Å². The Morgan fingerprint density at radius 2 is 1.86 bits per heavy atom. The number of phenolic OH excluding ortho intramolecular Hbond substituents is 1. The Morgan fingerprint density at radius 3 is 2.52 bits per heavy atom. The summed E-state index contributed by atoms with van der Waals surface area (Å²) in [5.41, 5.74) is 1.64. The number of phenols is 1. The molecule has 0 atom stereocenters. The van der Waals surface area contributed by atoms with Crippen molar-refractivity contribution in [2.45, 2.75) is 39.0 Å². The first-order valence-electron chi connectivity index (χ1n) is 9.16. The number of carbonyl (C=O) groups excluding carboxylic acids is 2. The summed E-state index contributed by atoms with van der Waals surface area (Å²) in [5, 5.41) is 19.7. The van der Waals surface area contributed by atoms with Crippen molar-refractivity contribution in [3.63, 3.8) is 0 Å². The Labute approximate surface area is 168 Å². The van der Waals surface area contributed by atoms with Gasteiger partial charge in [-0.25, -0.2) is 0 Å². The molecule has 0 unspecified atom stereocenters. The van der Waals surface area contributed by atoms with E-state index in [4.69, 9.17) is 9.47 Å².